The number of hydrogen-bond acceptors (Lipinski definition) is 6. The molecule has 3 rings (SSSR count). The molecule has 1 amide bonds. The van der Waals surface area contributed by atoms with Crippen LogP contribution in [0.3, 0.4) is 0 Å². The Morgan fingerprint density at radius 2 is 1.86 bits per heavy atom. The Kier molecular flexibility index (Phi) is 7.14. The maximum Gasteiger partial charge on any atom is 0.229 e. The maximum atomic E-state index is 13.0. The number of nitrogens with zero attached hydrogens (tertiary/aromatic N) is 2. The van der Waals surface area contributed by atoms with Crippen LogP contribution in [0.1, 0.15) is 35.4 Å². The van der Waals surface area contributed by atoms with Crippen LogP contribution in [0, 0.1) is 0 Å². The van der Waals surface area contributed by atoms with Crippen LogP contribution < -0.4 is 19.1 Å². The van der Waals surface area contributed by atoms with Crippen molar-refractivity contribution in [3.05, 3.63) is 40.9 Å². The number of fused-ring (bicyclic) bond motifs is 1. The fourth-order valence-corrected chi connectivity index (χ4v) is 4.71. The van der Waals surface area contributed by atoms with Gasteiger partial charge in [0.15, 0.2) is 16.6 Å². The van der Waals surface area contributed by atoms with E-state index in [4.69, 9.17) is 19.2 Å². The Morgan fingerprint density at radius 1 is 1.17 bits per heavy atom. The summed E-state index contributed by atoms with van der Waals surface area (Å²) >= 11 is 1.64. The van der Waals surface area contributed by atoms with Crippen molar-refractivity contribution in [1.29, 1.82) is 0 Å². The van der Waals surface area contributed by atoms with Crippen molar-refractivity contribution in [2.24, 2.45) is 0 Å². The number of anilines is 1. The standard InChI is InChI=1S/C22H28N2O4S/c1-5-12-24(22-23-16-8-6-7-9-19(16)29-22)20(25)11-10-15-13-17(26-2)21(28-4)18(14-15)27-3/h5,13-14H,1,6-12H2,2-4H3. The van der Waals surface area contributed by atoms with E-state index in [9.17, 15) is 4.79 Å². The van der Waals surface area contributed by atoms with Crippen molar-refractivity contribution in [3.63, 3.8) is 0 Å². The summed E-state index contributed by atoms with van der Waals surface area (Å²) in [4.78, 5) is 20.8. The van der Waals surface area contributed by atoms with Crippen LogP contribution in [0.5, 0.6) is 17.2 Å². The van der Waals surface area contributed by atoms with Crippen molar-refractivity contribution in [2.75, 3.05) is 32.8 Å². The maximum absolute atomic E-state index is 13.0. The molecule has 2 aromatic rings. The molecule has 1 aromatic carbocycles. The van der Waals surface area contributed by atoms with Crippen molar-refractivity contribution in [1.82, 2.24) is 4.98 Å². The third kappa shape index (κ3) is 4.72. The minimum Gasteiger partial charge on any atom is -0.493 e. The number of hydrogen-bond donors (Lipinski definition) is 0. The number of carbonyl (C=O) groups excluding carboxylic acids is 1. The van der Waals surface area contributed by atoms with Gasteiger partial charge in [-0.3, -0.25) is 9.69 Å². The summed E-state index contributed by atoms with van der Waals surface area (Å²) in [5.41, 5.74) is 2.10. The van der Waals surface area contributed by atoms with E-state index in [0.29, 0.717) is 36.6 Å². The number of methoxy groups -OCH3 is 3. The van der Waals surface area contributed by atoms with Crippen LogP contribution in [-0.4, -0.2) is 38.8 Å². The van der Waals surface area contributed by atoms with Crippen LogP contribution in [0.15, 0.2) is 24.8 Å². The second-order valence-electron chi connectivity index (χ2n) is 6.90. The first-order chi connectivity index (χ1) is 14.1. The van der Waals surface area contributed by atoms with Gasteiger partial charge in [0.1, 0.15) is 0 Å². The minimum absolute atomic E-state index is 0.0322. The lowest BCUT2D eigenvalue weighted by molar-refractivity contribution is -0.118. The number of amides is 1. The topological polar surface area (TPSA) is 60.9 Å². The predicted octanol–water partition coefficient (Wildman–Crippen LogP) is 4.20. The SMILES string of the molecule is C=CCN(C(=O)CCc1cc(OC)c(OC)c(OC)c1)c1nc2c(s1)CCCC2. The zero-order valence-electron chi connectivity index (χ0n) is 17.3. The first kappa shape index (κ1) is 21.2. The zero-order valence-corrected chi connectivity index (χ0v) is 18.1. The largest absolute Gasteiger partial charge is 0.493 e. The molecule has 0 N–H and O–H groups in total. The Morgan fingerprint density at radius 3 is 2.45 bits per heavy atom. The summed E-state index contributed by atoms with van der Waals surface area (Å²) in [5, 5.41) is 0.784. The number of aromatic nitrogens is 1. The van der Waals surface area contributed by atoms with Gasteiger partial charge in [-0.1, -0.05) is 6.08 Å². The Balaban J connectivity index is 1.75. The molecule has 0 spiro atoms. The summed E-state index contributed by atoms with van der Waals surface area (Å²) in [5.74, 6) is 1.76. The van der Waals surface area contributed by atoms with E-state index in [1.807, 2.05) is 12.1 Å². The van der Waals surface area contributed by atoms with Gasteiger partial charge >= 0.3 is 0 Å². The first-order valence-corrected chi connectivity index (χ1v) is 10.6. The van der Waals surface area contributed by atoms with Gasteiger partial charge in [0.25, 0.3) is 0 Å². The molecule has 29 heavy (non-hydrogen) atoms. The summed E-state index contributed by atoms with van der Waals surface area (Å²) < 4.78 is 16.2. The molecular weight excluding hydrogens is 388 g/mol. The fraction of sp³-hybridized carbons (Fsp3) is 0.455. The molecule has 7 heteroatoms. The molecule has 156 valence electrons. The molecule has 1 heterocycles. The molecular formula is C22H28N2O4S. The zero-order chi connectivity index (χ0) is 20.8. The van der Waals surface area contributed by atoms with E-state index in [0.717, 1.165) is 29.2 Å². The number of aryl methyl sites for hydroxylation is 3. The Hall–Kier alpha value is -2.54. The van der Waals surface area contributed by atoms with Crippen LogP contribution >= 0.6 is 11.3 Å². The van der Waals surface area contributed by atoms with Crippen LogP contribution in [0.4, 0.5) is 5.13 Å². The van der Waals surface area contributed by atoms with Gasteiger partial charge in [-0.05, 0) is 49.8 Å². The molecule has 0 atom stereocenters. The fourth-order valence-electron chi connectivity index (χ4n) is 3.54. The average molecular weight is 417 g/mol. The summed E-state index contributed by atoms with van der Waals surface area (Å²) in [6, 6.07) is 3.77. The molecule has 0 fully saturated rings. The van der Waals surface area contributed by atoms with E-state index < -0.39 is 0 Å². The van der Waals surface area contributed by atoms with Crippen molar-refractivity contribution >= 4 is 22.4 Å². The van der Waals surface area contributed by atoms with E-state index in [2.05, 4.69) is 6.58 Å². The highest BCUT2D eigenvalue weighted by Crippen LogP contribution is 2.38. The highest BCUT2D eigenvalue weighted by molar-refractivity contribution is 7.16. The summed E-state index contributed by atoms with van der Waals surface area (Å²) in [6.45, 7) is 4.27. The number of benzene rings is 1. The molecule has 0 bridgehead atoms. The van der Waals surface area contributed by atoms with Gasteiger partial charge in [-0.25, -0.2) is 4.98 Å². The molecule has 0 radical (unpaired) electrons. The third-order valence-corrected chi connectivity index (χ3v) is 6.21. The lowest BCUT2D eigenvalue weighted by Crippen LogP contribution is -2.31. The van der Waals surface area contributed by atoms with Gasteiger partial charge < -0.3 is 14.2 Å². The number of carbonyl (C=O) groups is 1. The summed E-state index contributed by atoms with van der Waals surface area (Å²) in [7, 11) is 4.74. The van der Waals surface area contributed by atoms with E-state index in [-0.39, 0.29) is 5.91 Å². The number of rotatable bonds is 9. The second-order valence-corrected chi connectivity index (χ2v) is 7.96. The highest BCUT2D eigenvalue weighted by Gasteiger charge is 2.22. The third-order valence-electron chi connectivity index (χ3n) is 5.03. The lowest BCUT2D eigenvalue weighted by atomic mass is 10.0. The van der Waals surface area contributed by atoms with Crippen molar-refractivity contribution < 1.29 is 19.0 Å². The first-order valence-electron chi connectivity index (χ1n) is 9.80. The lowest BCUT2D eigenvalue weighted by Gasteiger charge is -2.18. The summed E-state index contributed by atoms with van der Waals surface area (Å²) in [6.07, 6.45) is 7.11. The van der Waals surface area contributed by atoms with Crippen LogP contribution in [-0.2, 0) is 24.1 Å². The van der Waals surface area contributed by atoms with Crippen molar-refractivity contribution in [2.45, 2.75) is 38.5 Å². The number of thiazole rings is 1. The molecule has 6 nitrogen and oxygen atoms in total. The van der Waals surface area contributed by atoms with Gasteiger partial charge in [-0.15, -0.1) is 17.9 Å². The van der Waals surface area contributed by atoms with Gasteiger partial charge in [0.2, 0.25) is 11.7 Å². The van der Waals surface area contributed by atoms with Gasteiger partial charge in [0.05, 0.1) is 27.0 Å². The van der Waals surface area contributed by atoms with Gasteiger partial charge in [-0.2, -0.15) is 0 Å². The normalized spacial score (nSPS) is 12.8. The van der Waals surface area contributed by atoms with Gasteiger partial charge in [0, 0.05) is 17.8 Å². The molecule has 1 aliphatic carbocycles. The molecule has 0 aliphatic heterocycles. The van der Waals surface area contributed by atoms with E-state index in [1.165, 1.54) is 17.7 Å². The van der Waals surface area contributed by atoms with Crippen LogP contribution in [0.25, 0.3) is 0 Å². The molecule has 1 aromatic heterocycles. The monoisotopic (exact) mass is 416 g/mol. The quantitative estimate of drug-likeness (QED) is 0.574. The molecule has 1 aliphatic rings. The van der Waals surface area contributed by atoms with E-state index in [1.54, 1.807) is 43.6 Å². The molecule has 0 unspecified atom stereocenters. The van der Waals surface area contributed by atoms with Crippen molar-refractivity contribution in [3.8, 4) is 17.2 Å². The Labute approximate surface area is 176 Å². The van der Waals surface area contributed by atoms with E-state index >= 15 is 0 Å². The second kappa shape index (κ2) is 9.78. The minimum atomic E-state index is 0.0322. The Bertz CT molecular complexity index is 829. The number of ether oxygens (including phenoxy) is 3. The molecule has 0 saturated heterocycles. The molecule has 0 saturated carbocycles. The predicted molar refractivity (Wildman–Crippen MR) is 116 cm³/mol. The highest BCUT2D eigenvalue weighted by atomic mass is 32.1. The average Bonchev–Trinajstić information content (AvgIpc) is 3.18. The smallest absolute Gasteiger partial charge is 0.229 e. The van der Waals surface area contributed by atoms with Crippen LogP contribution in [0.2, 0.25) is 0 Å².